The van der Waals surface area contributed by atoms with E-state index >= 15 is 0 Å². The molecule has 0 aromatic heterocycles. The molecule has 112 valence electrons. The van der Waals surface area contributed by atoms with Gasteiger partial charge in [0.05, 0.1) is 0 Å². The van der Waals surface area contributed by atoms with Crippen LogP contribution >= 0.6 is 0 Å². The van der Waals surface area contributed by atoms with Crippen LogP contribution in [0.25, 0.3) is 0 Å². The average molecular weight is 285 g/mol. The van der Waals surface area contributed by atoms with E-state index in [-0.39, 0.29) is 0 Å². The minimum absolute atomic E-state index is 0.308. The van der Waals surface area contributed by atoms with Crippen molar-refractivity contribution < 1.29 is 4.74 Å². The maximum Gasteiger partial charge on any atom is 0.191 e. The molecule has 1 saturated carbocycles. The van der Waals surface area contributed by atoms with Gasteiger partial charge in [0.2, 0.25) is 0 Å². The summed E-state index contributed by atoms with van der Waals surface area (Å²) >= 11 is 0. The van der Waals surface area contributed by atoms with Gasteiger partial charge in [-0.05, 0) is 43.9 Å². The average Bonchev–Trinajstić information content (AvgIpc) is 3.30. The van der Waals surface area contributed by atoms with Crippen molar-refractivity contribution in [1.29, 1.82) is 0 Å². The minimum Gasteiger partial charge on any atom is -0.481 e. The van der Waals surface area contributed by atoms with Crippen LogP contribution < -0.4 is 15.4 Å². The van der Waals surface area contributed by atoms with Gasteiger partial charge in [0.1, 0.15) is 12.4 Å². The third-order valence-electron chi connectivity index (χ3n) is 3.18. The maximum atomic E-state index is 5.35. The first-order valence-corrected chi connectivity index (χ1v) is 7.52. The Morgan fingerprint density at radius 3 is 2.76 bits per heavy atom. The van der Waals surface area contributed by atoms with Gasteiger partial charge in [-0.15, -0.1) is 6.42 Å². The standard InChI is InChI=1S/C17H23N3O/c1-3-13-21-16-9-5-14(6-10-16)11-12-19-17(18-4-2)20-15-7-8-15/h1,5-6,9-10,15H,4,7-8,11-13H2,2H3,(H2,18,19,20). The zero-order valence-corrected chi connectivity index (χ0v) is 12.6. The second-order valence-electron chi connectivity index (χ2n) is 5.07. The number of ether oxygens (including phenoxy) is 1. The quantitative estimate of drug-likeness (QED) is 0.457. The molecule has 1 aromatic carbocycles. The van der Waals surface area contributed by atoms with E-state index in [9.17, 15) is 0 Å². The molecular weight excluding hydrogens is 262 g/mol. The van der Waals surface area contributed by atoms with Crippen LogP contribution in [0.15, 0.2) is 29.3 Å². The molecule has 0 radical (unpaired) electrons. The van der Waals surface area contributed by atoms with Crippen molar-refractivity contribution in [2.24, 2.45) is 4.99 Å². The van der Waals surface area contributed by atoms with Crippen molar-refractivity contribution in [3.05, 3.63) is 29.8 Å². The Morgan fingerprint density at radius 1 is 1.38 bits per heavy atom. The van der Waals surface area contributed by atoms with Gasteiger partial charge in [-0.2, -0.15) is 0 Å². The zero-order chi connectivity index (χ0) is 14.9. The first kappa shape index (κ1) is 15.2. The van der Waals surface area contributed by atoms with Crippen molar-refractivity contribution in [1.82, 2.24) is 10.6 Å². The molecule has 1 aliphatic carbocycles. The Morgan fingerprint density at radius 2 is 2.14 bits per heavy atom. The molecule has 4 heteroatoms. The molecule has 2 N–H and O–H groups in total. The molecule has 2 rings (SSSR count). The molecule has 1 aromatic rings. The predicted molar refractivity (Wildman–Crippen MR) is 86.6 cm³/mol. The van der Waals surface area contributed by atoms with Crippen molar-refractivity contribution in [2.75, 3.05) is 19.7 Å². The molecule has 0 amide bonds. The molecule has 0 aliphatic heterocycles. The fraction of sp³-hybridized carbons (Fsp3) is 0.471. The second-order valence-corrected chi connectivity index (χ2v) is 5.07. The molecule has 0 atom stereocenters. The number of benzene rings is 1. The summed E-state index contributed by atoms with van der Waals surface area (Å²) in [5.41, 5.74) is 1.24. The van der Waals surface area contributed by atoms with Crippen molar-refractivity contribution in [3.63, 3.8) is 0 Å². The monoisotopic (exact) mass is 285 g/mol. The van der Waals surface area contributed by atoms with Crippen molar-refractivity contribution >= 4 is 5.96 Å². The van der Waals surface area contributed by atoms with Crippen LogP contribution in [0, 0.1) is 12.3 Å². The molecule has 0 unspecified atom stereocenters. The van der Waals surface area contributed by atoms with Crippen LogP contribution in [0.5, 0.6) is 5.75 Å². The third-order valence-corrected chi connectivity index (χ3v) is 3.18. The lowest BCUT2D eigenvalue weighted by molar-refractivity contribution is 0.370. The summed E-state index contributed by atoms with van der Waals surface area (Å²) < 4.78 is 5.35. The normalized spacial score (nSPS) is 14.4. The van der Waals surface area contributed by atoms with Crippen LogP contribution in [0.1, 0.15) is 25.3 Å². The smallest absolute Gasteiger partial charge is 0.191 e. The molecule has 0 heterocycles. The number of hydrogen-bond acceptors (Lipinski definition) is 2. The number of nitrogens with one attached hydrogen (secondary N) is 2. The summed E-state index contributed by atoms with van der Waals surface area (Å²) in [5.74, 6) is 4.19. The predicted octanol–water partition coefficient (Wildman–Crippen LogP) is 1.96. The van der Waals surface area contributed by atoms with E-state index < -0.39 is 0 Å². The molecular formula is C17H23N3O. The first-order valence-electron chi connectivity index (χ1n) is 7.52. The number of nitrogens with zero attached hydrogens (tertiary/aromatic N) is 1. The molecule has 21 heavy (non-hydrogen) atoms. The van der Waals surface area contributed by atoms with Gasteiger partial charge in [0, 0.05) is 19.1 Å². The maximum absolute atomic E-state index is 5.35. The van der Waals surface area contributed by atoms with Gasteiger partial charge in [-0.1, -0.05) is 18.1 Å². The van der Waals surface area contributed by atoms with Gasteiger partial charge in [-0.3, -0.25) is 4.99 Å². The van der Waals surface area contributed by atoms with E-state index in [1.165, 1.54) is 18.4 Å². The molecule has 4 nitrogen and oxygen atoms in total. The summed E-state index contributed by atoms with van der Waals surface area (Å²) in [6, 6.07) is 8.63. The largest absolute Gasteiger partial charge is 0.481 e. The molecule has 0 saturated heterocycles. The Balaban J connectivity index is 1.79. The SMILES string of the molecule is C#CCOc1ccc(CCN=C(NCC)NC2CC2)cc1. The third kappa shape index (κ3) is 5.78. The highest BCUT2D eigenvalue weighted by Gasteiger charge is 2.21. The van der Waals surface area contributed by atoms with E-state index in [0.29, 0.717) is 12.6 Å². The topological polar surface area (TPSA) is 45.6 Å². The van der Waals surface area contributed by atoms with Crippen LogP contribution in [0.3, 0.4) is 0 Å². The number of terminal acetylenes is 1. The fourth-order valence-electron chi connectivity index (χ4n) is 1.92. The summed E-state index contributed by atoms with van der Waals surface area (Å²) in [5, 5.41) is 6.68. The highest BCUT2D eigenvalue weighted by atomic mass is 16.5. The zero-order valence-electron chi connectivity index (χ0n) is 12.6. The number of rotatable bonds is 7. The lowest BCUT2D eigenvalue weighted by Crippen LogP contribution is -2.38. The van der Waals surface area contributed by atoms with Gasteiger partial charge < -0.3 is 15.4 Å². The van der Waals surface area contributed by atoms with Gasteiger partial charge >= 0.3 is 0 Å². The molecule has 0 bridgehead atoms. The second kappa shape index (κ2) is 8.21. The number of hydrogen-bond donors (Lipinski definition) is 2. The van der Waals surface area contributed by atoms with Gasteiger partial charge in [0.25, 0.3) is 0 Å². The van der Waals surface area contributed by atoms with Crippen molar-refractivity contribution in [3.8, 4) is 18.1 Å². The summed E-state index contributed by atoms with van der Waals surface area (Å²) in [6.45, 7) is 4.05. The Labute approximate surface area is 127 Å². The Bertz CT molecular complexity index is 498. The summed E-state index contributed by atoms with van der Waals surface area (Å²) in [4.78, 5) is 4.60. The van der Waals surface area contributed by atoms with Crippen LogP contribution in [0.2, 0.25) is 0 Å². The summed E-state index contributed by atoms with van der Waals surface area (Å²) in [7, 11) is 0. The van der Waals surface area contributed by atoms with Crippen LogP contribution in [-0.2, 0) is 6.42 Å². The molecule has 0 spiro atoms. The number of aliphatic imine (C=N–C) groups is 1. The lowest BCUT2D eigenvalue weighted by Gasteiger charge is -2.10. The lowest BCUT2D eigenvalue weighted by atomic mass is 10.1. The molecule has 1 fully saturated rings. The van der Waals surface area contributed by atoms with Crippen LogP contribution in [0.4, 0.5) is 0 Å². The van der Waals surface area contributed by atoms with Crippen LogP contribution in [-0.4, -0.2) is 31.7 Å². The highest BCUT2D eigenvalue weighted by Crippen LogP contribution is 2.18. The van der Waals surface area contributed by atoms with E-state index in [1.54, 1.807) is 0 Å². The van der Waals surface area contributed by atoms with E-state index in [2.05, 4.69) is 40.6 Å². The van der Waals surface area contributed by atoms with E-state index in [0.717, 1.165) is 31.2 Å². The number of guanidine groups is 1. The van der Waals surface area contributed by atoms with E-state index in [4.69, 9.17) is 11.2 Å². The summed E-state index contributed by atoms with van der Waals surface area (Å²) in [6.07, 6.45) is 8.58. The first-order chi connectivity index (χ1) is 10.3. The fourth-order valence-corrected chi connectivity index (χ4v) is 1.92. The Kier molecular flexibility index (Phi) is 5.96. The van der Waals surface area contributed by atoms with Gasteiger partial charge in [0.15, 0.2) is 5.96 Å². The molecule has 1 aliphatic rings. The minimum atomic E-state index is 0.308. The Hall–Kier alpha value is -2.15. The van der Waals surface area contributed by atoms with Gasteiger partial charge in [-0.25, -0.2) is 0 Å². The van der Waals surface area contributed by atoms with Crippen molar-refractivity contribution in [2.45, 2.75) is 32.2 Å². The van der Waals surface area contributed by atoms with E-state index in [1.807, 2.05) is 12.1 Å². The highest BCUT2D eigenvalue weighted by molar-refractivity contribution is 5.80.